The first-order valence-corrected chi connectivity index (χ1v) is 6.07. The molecule has 0 fully saturated rings. The van der Waals surface area contributed by atoms with E-state index >= 15 is 0 Å². The van der Waals surface area contributed by atoms with Crippen LogP contribution in [0, 0.1) is 23.0 Å². The highest BCUT2D eigenvalue weighted by atomic mass is 19.1. The van der Waals surface area contributed by atoms with E-state index in [1.807, 2.05) is 0 Å². The summed E-state index contributed by atoms with van der Waals surface area (Å²) in [7, 11) is 0. The third-order valence-electron chi connectivity index (χ3n) is 2.65. The van der Waals surface area contributed by atoms with Gasteiger partial charge in [-0.05, 0) is 36.4 Å². The number of nitrogens with one attached hydrogen (secondary N) is 2. The predicted molar refractivity (Wildman–Crippen MR) is 74.6 cm³/mol. The first-order valence-electron chi connectivity index (χ1n) is 6.07. The van der Waals surface area contributed by atoms with Crippen molar-refractivity contribution < 1.29 is 13.6 Å². The maximum Gasteiger partial charge on any atom is 0.243 e. The number of rotatable bonds is 4. The Balaban J connectivity index is 1.94. The number of halogens is 2. The van der Waals surface area contributed by atoms with Crippen molar-refractivity contribution in [1.29, 1.82) is 5.26 Å². The van der Waals surface area contributed by atoms with Crippen LogP contribution in [0.3, 0.4) is 0 Å². The largest absolute Gasteiger partial charge is 0.376 e. The third kappa shape index (κ3) is 4.01. The fourth-order valence-electron chi connectivity index (χ4n) is 1.67. The molecular formula is C15H11F2N3O. The number of nitriles is 1. The molecule has 2 N–H and O–H groups in total. The van der Waals surface area contributed by atoms with E-state index in [9.17, 15) is 13.6 Å². The highest BCUT2D eigenvalue weighted by Gasteiger charge is 2.05. The monoisotopic (exact) mass is 287 g/mol. The summed E-state index contributed by atoms with van der Waals surface area (Å²) in [5.74, 6) is -1.45. The van der Waals surface area contributed by atoms with E-state index in [2.05, 4.69) is 10.6 Å². The summed E-state index contributed by atoms with van der Waals surface area (Å²) < 4.78 is 26.1. The van der Waals surface area contributed by atoms with E-state index in [1.54, 1.807) is 12.1 Å². The lowest BCUT2D eigenvalue weighted by atomic mass is 10.2. The van der Waals surface area contributed by atoms with E-state index in [0.717, 1.165) is 6.07 Å². The van der Waals surface area contributed by atoms with Gasteiger partial charge in [0.1, 0.15) is 17.7 Å². The average molecular weight is 287 g/mol. The molecule has 0 atom stereocenters. The summed E-state index contributed by atoms with van der Waals surface area (Å²) >= 11 is 0. The maximum atomic E-state index is 13.1. The van der Waals surface area contributed by atoms with E-state index < -0.39 is 11.6 Å². The van der Waals surface area contributed by atoms with Crippen molar-refractivity contribution in [3.05, 3.63) is 59.7 Å². The fourth-order valence-corrected chi connectivity index (χ4v) is 1.67. The Bertz CT molecular complexity index is 710. The maximum absolute atomic E-state index is 13.1. The van der Waals surface area contributed by atoms with Gasteiger partial charge in [-0.25, -0.2) is 8.78 Å². The summed E-state index contributed by atoms with van der Waals surface area (Å²) in [4.78, 5) is 11.7. The minimum absolute atomic E-state index is 0.0903. The molecule has 4 nitrogen and oxygen atoms in total. The van der Waals surface area contributed by atoms with Gasteiger partial charge in [0.2, 0.25) is 5.91 Å². The molecule has 21 heavy (non-hydrogen) atoms. The molecule has 106 valence electrons. The molecule has 1 amide bonds. The summed E-state index contributed by atoms with van der Waals surface area (Å²) in [5, 5.41) is 14.0. The van der Waals surface area contributed by atoms with Gasteiger partial charge in [-0.3, -0.25) is 4.79 Å². The standard InChI is InChI=1S/C15H11F2N3O/c16-11-2-1-3-13(7-11)20-15(21)9-19-12-4-5-14(17)10(6-12)8-18/h1-7,19H,9H2,(H,20,21). The lowest BCUT2D eigenvalue weighted by Crippen LogP contribution is -2.21. The number of carbonyl (C=O) groups is 1. The average Bonchev–Trinajstić information content (AvgIpc) is 2.46. The lowest BCUT2D eigenvalue weighted by Gasteiger charge is -2.08. The van der Waals surface area contributed by atoms with Crippen LogP contribution in [0.2, 0.25) is 0 Å². The Morgan fingerprint density at radius 1 is 1.14 bits per heavy atom. The number of hydrogen-bond acceptors (Lipinski definition) is 3. The molecule has 0 aromatic heterocycles. The quantitative estimate of drug-likeness (QED) is 0.908. The van der Waals surface area contributed by atoms with Crippen LogP contribution in [0.4, 0.5) is 20.2 Å². The highest BCUT2D eigenvalue weighted by molar-refractivity contribution is 5.93. The zero-order chi connectivity index (χ0) is 15.2. The molecule has 0 aliphatic carbocycles. The first-order chi connectivity index (χ1) is 10.1. The van der Waals surface area contributed by atoms with Gasteiger partial charge < -0.3 is 10.6 Å². The molecule has 0 aliphatic heterocycles. The second-order valence-corrected chi connectivity index (χ2v) is 4.22. The van der Waals surface area contributed by atoms with Gasteiger partial charge in [0.25, 0.3) is 0 Å². The normalized spacial score (nSPS) is 9.76. The second kappa shape index (κ2) is 6.48. The molecule has 0 heterocycles. The molecule has 0 saturated carbocycles. The van der Waals surface area contributed by atoms with Crippen molar-refractivity contribution in [1.82, 2.24) is 0 Å². The molecule has 0 aliphatic rings. The molecule has 2 aromatic carbocycles. The molecule has 0 unspecified atom stereocenters. The SMILES string of the molecule is N#Cc1cc(NCC(=O)Nc2cccc(F)c2)ccc1F. The van der Waals surface area contributed by atoms with Gasteiger partial charge in [-0.1, -0.05) is 6.07 Å². The number of amides is 1. The van der Waals surface area contributed by atoms with Gasteiger partial charge >= 0.3 is 0 Å². The molecule has 2 rings (SSSR count). The zero-order valence-corrected chi connectivity index (χ0v) is 10.9. The van der Waals surface area contributed by atoms with Crippen molar-refractivity contribution in [2.24, 2.45) is 0 Å². The summed E-state index contributed by atoms with van der Waals surface area (Å²) in [6.45, 7) is -0.0903. The number of hydrogen-bond donors (Lipinski definition) is 2. The van der Waals surface area contributed by atoms with Gasteiger partial charge in [0.15, 0.2) is 0 Å². The van der Waals surface area contributed by atoms with E-state index in [4.69, 9.17) is 5.26 Å². The van der Waals surface area contributed by atoms with Gasteiger partial charge in [-0.15, -0.1) is 0 Å². The molecule has 0 radical (unpaired) electrons. The molecule has 0 spiro atoms. The molecule has 6 heteroatoms. The minimum Gasteiger partial charge on any atom is -0.376 e. The fraction of sp³-hybridized carbons (Fsp3) is 0.0667. The van der Waals surface area contributed by atoms with Crippen LogP contribution in [-0.4, -0.2) is 12.5 Å². The lowest BCUT2D eigenvalue weighted by molar-refractivity contribution is -0.114. The second-order valence-electron chi connectivity index (χ2n) is 4.22. The Kier molecular flexibility index (Phi) is 4.46. The Hall–Kier alpha value is -2.94. The predicted octanol–water partition coefficient (Wildman–Crippen LogP) is 2.89. The van der Waals surface area contributed by atoms with Crippen LogP contribution in [0.15, 0.2) is 42.5 Å². The molecular weight excluding hydrogens is 276 g/mol. The van der Waals surface area contributed by atoms with Crippen molar-refractivity contribution in [2.75, 3.05) is 17.2 Å². The van der Waals surface area contributed by atoms with E-state index in [0.29, 0.717) is 11.4 Å². The van der Waals surface area contributed by atoms with E-state index in [-0.39, 0.29) is 18.0 Å². The number of benzene rings is 2. The topological polar surface area (TPSA) is 64.9 Å². The third-order valence-corrected chi connectivity index (χ3v) is 2.65. The van der Waals surface area contributed by atoms with Gasteiger partial charge in [0, 0.05) is 11.4 Å². The summed E-state index contributed by atoms with van der Waals surface area (Å²) in [5.41, 5.74) is 0.687. The first kappa shape index (κ1) is 14.5. The van der Waals surface area contributed by atoms with Crippen LogP contribution in [0.25, 0.3) is 0 Å². The molecule has 2 aromatic rings. The Morgan fingerprint density at radius 2 is 1.95 bits per heavy atom. The smallest absolute Gasteiger partial charge is 0.243 e. The van der Waals surface area contributed by atoms with Crippen molar-refractivity contribution >= 4 is 17.3 Å². The number of carbonyl (C=O) groups excluding carboxylic acids is 1. The van der Waals surface area contributed by atoms with Crippen LogP contribution in [0.1, 0.15) is 5.56 Å². The molecule has 0 saturated heterocycles. The minimum atomic E-state index is -0.618. The number of anilines is 2. The van der Waals surface area contributed by atoms with Crippen LogP contribution in [0.5, 0.6) is 0 Å². The van der Waals surface area contributed by atoms with Gasteiger partial charge in [0.05, 0.1) is 12.1 Å². The zero-order valence-electron chi connectivity index (χ0n) is 10.9. The van der Waals surface area contributed by atoms with Gasteiger partial charge in [-0.2, -0.15) is 5.26 Å². The van der Waals surface area contributed by atoms with Crippen molar-refractivity contribution in [2.45, 2.75) is 0 Å². The van der Waals surface area contributed by atoms with Crippen molar-refractivity contribution in [3.8, 4) is 6.07 Å². The molecule has 0 bridgehead atoms. The van der Waals surface area contributed by atoms with Crippen molar-refractivity contribution in [3.63, 3.8) is 0 Å². The van der Waals surface area contributed by atoms with Crippen LogP contribution in [-0.2, 0) is 4.79 Å². The van der Waals surface area contributed by atoms with Crippen LogP contribution >= 0.6 is 0 Å². The number of nitrogens with zero attached hydrogens (tertiary/aromatic N) is 1. The Labute approximate surface area is 120 Å². The highest BCUT2D eigenvalue weighted by Crippen LogP contribution is 2.14. The summed E-state index contributed by atoms with van der Waals surface area (Å²) in [6, 6.07) is 11.1. The van der Waals surface area contributed by atoms with Crippen LogP contribution < -0.4 is 10.6 Å². The Morgan fingerprint density at radius 3 is 2.67 bits per heavy atom. The van der Waals surface area contributed by atoms with E-state index in [1.165, 1.54) is 30.3 Å². The summed E-state index contributed by atoms with van der Waals surface area (Å²) in [6.07, 6.45) is 0.